The fraction of sp³-hybridized carbons (Fsp3) is 0.500. The number of nitrogens with two attached hydrogens (primary N) is 1. The first-order valence-corrected chi connectivity index (χ1v) is 6.79. The molecule has 0 amide bonds. The molecule has 3 N–H and O–H groups in total. The second-order valence-corrected chi connectivity index (χ2v) is 5.29. The zero-order valence-corrected chi connectivity index (χ0v) is 10.6. The number of benzene rings is 1. The molecule has 0 radical (unpaired) electrons. The molecule has 0 bridgehead atoms. The van der Waals surface area contributed by atoms with Gasteiger partial charge in [-0.2, -0.15) is 11.8 Å². The van der Waals surface area contributed by atoms with Gasteiger partial charge < -0.3 is 4.74 Å². The summed E-state index contributed by atoms with van der Waals surface area (Å²) in [4.78, 5) is 0. The van der Waals surface area contributed by atoms with Crippen LogP contribution in [0.2, 0.25) is 0 Å². The topological polar surface area (TPSA) is 47.3 Å². The van der Waals surface area contributed by atoms with Crippen molar-refractivity contribution in [3.05, 3.63) is 35.1 Å². The maximum Gasteiger partial charge on any atom is 0.126 e. The Kier molecular flexibility index (Phi) is 4.39. The van der Waals surface area contributed by atoms with Crippen molar-refractivity contribution >= 4 is 11.8 Å². The molecule has 1 saturated heterocycles. The molecule has 0 spiro atoms. The van der Waals surface area contributed by atoms with E-state index in [1.54, 1.807) is 13.0 Å². The van der Waals surface area contributed by atoms with Gasteiger partial charge in [-0.1, -0.05) is 12.1 Å². The Morgan fingerprint density at radius 2 is 2.41 bits per heavy atom. The molecule has 1 aliphatic rings. The molecule has 1 heterocycles. The Bertz CT molecular complexity index is 383. The van der Waals surface area contributed by atoms with E-state index in [1.807, 2.05) is 17.8 Å². The van der Waals surface area contributed by atoms with Crippen LogP contribution < -0.4 is 11.3 Å². The molecule has 0 aromatic heterocycles. The normalized spacial score (nSPS) is 22.4. The molecule has 3 nitrogen and oxygen atoms in total. The summed E-state index contributed by atoms with van der Waals surface area (Å²) in [6.45, 7) is 2.50. The van der Waals surface area contributed by atoms with Gasteiger partial charge in [0.05, 0.1) is 18.8 Å². The number of aryl methyl sites for hydroxylation is 1. The third-order valence-corrected chi connectivity index (χ3v) is 3.95. The van der Waals surface area contributed by atoms with E-state index in [0.29, 0.717) is 5.56 Å². The van der Waals surface area contributed by atoms with Crippen molar-refractivity contribution in [2.45, 2.75) is 19.1 Å². The average Bonchev–Trinajstić information content (AvgIpc) is 2.36. The predicted molar refractivity (Wildman–Crippen MR) is 68.3 cm³/mol. The van der Waals surface area contributed by atoms with E-state index >= 15 is 0 Å². The smallest absolute Gasteiger partial charge is 0.126 e. The van der Waals surface area contributed by atoms with Crippen molar-refractivity contribution in [1.29, 1.82) is 0 Å². The van der Waals surface area contributed by atoms with Crippen LogP contribution in [0, 0.1) is 12.7 Å². The molecule has 94 valence electrons. The number of hydrogen-bond donors (Lipinski definition) is 2. The third kappa shape index (κ3) is 2.98. The summed E-state index contributed by atoms with van der Waals surface area (Å²) >= 11 is 1.85. The van der Waals surface area contributed by atoms with E-state index in [2.05, 4.69) is 5.43 Å². The zero-order chi connectivity index (χ0) is 12.3. The minimum absolute atomic E-state index is 0.0450. The Morgan fingerprint density at radius 1 is 1.59 bits per heavy atom. The molecule has 17 heavy (non-hydrogen) atoms. The monoisotopic (exact) mass is 256 g/mol. The van der Waals surface area contributed by atoms with Crippen LogP contribution >= 0.6 is 11.8 Å². The Balaban J connectivity index is 2.18. The van der Waals surface area contributed by atoms with Crippen LogP contribution in [0.5, 0.6) is 0 Å². The molecular weight excluding hydrogens is 239 g/mol. The summed E-state index contributed by atoms with van der Waals surface area (Å²) in [5, 5.41) is 0. The highest BCUT2D eigenvalue weighted by molar-refractivity contribution is 7.99. The minimum Gasteiger partial charge on any atom is -0.374 e. The van der Waals surface area contributed by atoms with Gasteiger partial charge in [0.2, 0.25) is 0 Å². The standard InChI is InChI=1S/C12H17FN2OS/c1-8-6-9(2-3-10(8)13)12(15-14)11-7-17-5-4-16-11/h2-3,6,11-12,15H,4-5,7,14H2,1H3. The van der Waals surface area contributed by atoms with Gasteiger partial charge in [-0.05, 0) is 24.1 Å². The highest BCUT2D eigenvalue weighted by Crippen LogP contribution is 2.26. The van der Waals surface area contributed by atoms with Crippen LogP contribution in [0.15, 0.2) is 18.2 Å². The van der Waals surface area contributed by atoms with E-state index in [9.17, 15) is 4.39 Å². The summed E-state index contributed by atoms with van der Waals surface area (Å²) in [6.07, 6.45) is 0.0450. The highest BCUT2D eigenvalue weighted by Gasteiger charge is 2.25. The van der Waals surface area contributed by atoms with Gasteiger partial charge in [0, 0.05) is 11.5 Å². The average molecular weight is 256 g/mol. The van der Waals surface area contributed by atoms with Crippen molar-refractivity contribution in [2.75, 3.05) is 18.1 Å². The lowest BCUT2D eigenvalue weighted by molar-refractivity contribution is 0.0468. The van der Waals surface area contributed by atoms with Crippen molar-refractivity contribution in [1.82, 2.24) is 5.43 Å². The Labute approximate surface area is 105 Å². The fourth-order valence-corrected chi connectivity index (χ4v) is 2.88. The lowest BCUT2D eigenvalue weighted by Crippen LogP contribution is -2.41. The summed E-state index contributed by atoms with van der Waals surface area (Å²) in [7, 11) is 0. The van der Waals surface area contributed by atoms with Crippen molar-refractivity contribution in [3.8, 4) is 0 Å². The van der Waals surface area contributed by atoms with Crippen molar-refractivity contribution in [2.24, 2.45) is 5.84 Å². The summed E-state index contributed by atoms with van der Waals surface area (Å²) in [5.74, 6) is 7.33. The van der Waals surface area contributed by atoms with Gasteiger partial charge in [-0.15, -0.1) is 0 Å². The second kappa shape index (κ2) is 5.82. The van der Waals surface area contributed by atoms with Gasteiger partial charge in [0.15, 0.2) is 0 Å². The van der Waals surface area contributed by atoms with Gasteiger partial charge in [-0.25, -0.2) is 4.39 Å². The SMILES string of the molecule is Cc1cc(C(NN)C2CSCCO2)ccc1F. The van der Waals surface area contributed by atoms with Crippen LogP contribution in [0.4, 0.5) is 4.39 Å². The van der Waals surface area contributed by atoms with E-state index in [0.717, 1.165) is 23.7 Å². The van der Waals surface area contributed by atoms with Crippen LogP contribution in [0.25, 0.3) is 0 Å². The molecule has 5 heteroatoms. The molecule has 1 aromatic rings. The quantitative estimate of drug-likeness (QED) is 0.639. The molecule has 1 aliphatic heterocycles. The highest BCUT2D eigenvalue weighted by atomic mass is 32.2. The van der Waals surface area contributed by atoms with Crippen molar-refractivity contribution < 1.29 is 9.13 Å². The number of rotatable bonds is 3. The summed E-state index contributed by atoms with van der Waals surface area (Å²) < 4.78 is 18.9. The number of ether oxygens (including phenoxy) is 1. The van der Waals surface area contributed by atoms with Crippen LogP contribution in [-0.4, -0.2) is 24.2 Å². The zero-order valence-electron chi connectivity index (χ0n) is 9.78. The molecule has 2 unspecified atom stereocenters. The molecule has 2 atom stereocenters. The third-order valence-electron chi connectivity index (χ3n) is 2.93. The fourth-order valence-electron chi connectivity index (χ4n) is 1.98. The second-order valence-electron chi connectivity index (χ2n) is 4.14. The maximum absolute atomic E-state index is 13.2. The number of halogens is 1. The van der Waals surface area contributed by atoms with E-state index in [4.69, 9.17) is 10.6 Å². The van der Waals surface area contributed by atoms with E-state index in [-0.39, 0.29) is 18.0 Å². The molecule has 1 aromatic carbocycles. The van der Waals surface area contributed by atoms with Gasteiger partial charge in [-0.3, -0.25) is 11.3 Å². The Morgan fingerprint density at radius 3 is 3.00 bits per heavy atom. The molecule has 1 fully saturated rings. The van der Waals surface area contributed by atoms with Gasteiger partial charge in [0.25, 0.3) is 0 Å². The molecule has 2 rings (SSSR count). The number of hydrogen-bond acceptors (Lipinski definition) is 4. The number of nitrogens with one attached hydrogen (secondary N) is 1. The molecule has 0 aliphatic carbocycles. The first-order chi connectivity index (χ1) is 8.22. The predicted octanol–water partition coefficient (Wildman–Crippen LogP) is 1.77. The van der Waals surface area contributed by atoms with Crippen molar-refractivity contribution in [3.63, 3.8) is 0 Å². The first-order valence-electron chi connectivity index (χ1n) is 5.64. The van der Waals surface area contributed by atoms with Crippen LogP contribution in [-0.2, 0) is 4.74 Å². The van der Waals surface area contributed by atoms with E-state index < -0.39 is 0 Å². The van der Waals surface area contributed by atoms with Crippen LogP contribution in [0.1, 0.15) is 17.2 Å². The minimum atomic E-state index is -0.191. The summed E-state index contributed by atoms with van der Waals surface area (Å²) in [6, 6.07) is 4.98. The molecular formula is C12H17FN2OS. The Hall–Kier alpha value is -0.620. The van der Waals surface area contributed by atoms with Gasteiger partial charge in [0.1, 0.15) is 5.82 Å². The van der Waals surface area contributed by atoms with Gasteiger partial charge >= 0.3 is 0 Å². The summed E-state index contributed by atoms with van der Waals surface area (Å²) in [5.41, 5.74) is 4.38. The first kappa shape index (κ1) is 12.8. The maximum atomic E-state index is 13.2. The largest absolute Gasteiger partial charge is 0.374 e. The lowest BCUT2D eigenvalue weighted by atomic mass is 10.0. The van der Waals surface area contributed by atoms with E-state index in [1.165, 1.54) is 6.07 Å². The molecule has 0 saturated carbocycles. The number of hydrazine groups is 1. The van der Waals surface area contributed by atoms with Crippen LogP contribution in [0.3, 0.4) is 0 Å². The lowest BCUT2D eigenvalue weighted by Gasteiger charge is -2.30. The number of thioether (sulfide) groups is 1.